The molecule has 0 fully saturated rings. The molecule has 0 aliphatic carbocycles. The first-order chi connectivity index (χ1) is 13.8. The predicted octanol–water partition coefficient (Wildman–Crippen LogP) is 4.10. The molecule has 0 bridgehead atoms. The maximum Gasteiger partial charge on any atom is 0.286 e. The second-order valence-corrected chi connectivity index (χ2v) is 6.31. The molecule has 4 rings (SSSR count). The second kappa shape index (κ2) is 9.80. The highest BCUT2D eigenvalue weighted by Crippen LogP contribution is 2.17. The number of ether oxygens (including phenoxy) is 1. The molecule has 7 heteroatoms. The Hall–Kier alpha value is -3.25. The van der Waals surface area contributed by atoms with E-state index in [1.54, 1.807) is 12.1 Å². The van der Waals surface area contributed by atoms with Crippen LogP contribution < -0.4 is 10.1 Å². The number of halogens is 1. The molecule has 2 aromatic heterocycles. The van der Waals surface area contributed by atoms with Crippen LogP contribution in [0.2, 0.25) is 0 Å². The van der Waals surface area contributed by atoms with E-state index in [0.29, 0.717) is 31.9 Å². The number of fused-ring (bicyclic) bond motifs is 1. The molecule has 0 saturated carbocycles. The van der Waals surface area contributed by atoms with Crippen LogP contribution in [0.5, 0.6) is 5.75 Å². The minimum Gasteiger partial charge on any atom is -0.492 e. The van der Waals surface area contributed by atoms with Gasteiger partial charge < -0.3 is 19.0 Å². The van der Waals surface area contributed by atoms with Gasteiger partial charge in [-0.05, 0) is 36.4 Å². The van der Waals surface area contributed by atoms with E-state index >= 15 is 0 Å². The van der Waals surface area contributed by atoms with E-state index < -0.39 is 0 Å². The first-order valence-electron chi connectivity index (χ1n) is 9.25. The van der Waals surface area contributed by atoms with Gasteiger partial charge in [0, 0.05) is 13.0 Å². The van der Waals surface area contributed by atoms with Gasteiger partial charge in [0.05, 0.1) is 23.8 Å². The van der Waals surface area contributed by atoms with Gasteiger partial charge in [0.15, 0.2) is 5.76 Å². The number of para-hydroxylation sites is 3. The lowest BCUT2D eigenvalue weighted by atomic mass is 10.3. The van der Waals surface area contributed by atoms with Crippen LogP contribution in [-0.2, 0) is 13.0 Å². The topological polar surface area (TPSA) is 69.3 Å². The van der Waals surface area contributed by atoms with Crippen molar-refractivity contribution < 1.29 is 13.9 Å². The minimum atomic E-state index is -0.222. The van der Waals surface area contributed by atoms with Gasteiger partial charge in [0.25, 0.3) is 5.91 Å². The van der Waals surface area contributed by atoms with E-state index in [2.05, 4.69) is 16.0 Å². The normalized spacial score (nSPS) is 10.5. The van der Waals surface area contributed by atoms with Crippen molar-refractivity contribution in [2.24, 2.45) is 0 Å². The largest absolute Gasteiger partial charge is 0.492 e. The number of rotatable bonds is 8. The van der Waals surface area contributed by atoms with Gasteiger partial charge in [-0.3, -0.25) is 4.79 Å². The molecule has 2 heterocycles. The minimum absolute atomic E-state index is 0. The van der Waals surface area contributed by atoms with Crippen molar-refractivity contribution in [3.05, 3.63) is 84.6 Å². The summed E-state index contributed by atoms with van der Waals surface area (Å²) in [4.78, 5) is 16.8. The highest BCUT2D eigenvalue weighted by Gasteiger charge is 2.12. The van der Waals surface area contributed by atoms with Crippen LogP contribution in [0, 0.1) is 0 Å². The summed E-state index contributed by atoms with van der Waals surface area (Å²) in [5.41, 5.74) is 2.00. The molecule has 2 aromatic carbocycles. The maximum atomic E-state index is 12.0. The second-order valence-electron chi connectivity index (χ2n) is 6.31. The first-order valence-corrected chi connectivity index (χ1v) is 9.25. The predicted molar refractivity (Wildman–Crippen MR) is 114 cm³/mol. The van der Waals surface area contributed by atoms with Crippen LogP contribution >= 0.6 is 12.4 Å². The monoisotopic (exact) mass is 411 g/mol. The fourth-order valence-corrected chi connectivity index (χ4v) is 3.12. The van der Waals surface area contributed by atoms with Gasteiger partial charge in [-0.1, -0.05) is 30.3 Å². The molecule has 6 nitrogen and oxygen atoms in total. The number of hydrogen-bond acceptors (Lipinski definition) is 4. The van der Waals surface area contributed by atoms with Crippen molar-refractivity contribution in [3.8, 4) is 5.75 Å². The number of nitrogens with zero attached hydrogens (tertiary/aromatic N) is 2. The van der Waals surface area contributed by atoms with E-state index in [1.807, 2.05) is 48.5 Å². The quantitative estimate of drug-likeness (QED) is 0.474. The average Bonchev–Trinajstić information content (AvgIpc) is 3.38. The number of aromatic nitrogens is 2. The number of imidazole rings is 1. The molecular formula is C22H22ClN3O3. The molecule has 29 heavy (non-hydrogen) atoms. The van der Waals surface area contributed by atoms with Gasteiger partial charge in [-0.25, -0.2) is 4.98 Å². The smallest absolute Gasteiger partial charge is 0.286 e. The van der Waals surface area contributed by atoms with Gasteiger partial charge in [0.2, 0.25) is 0 Å². The molecule has 0 atom stereocenters. The Morgan fingerprint density at radius 1 is 1.03 bits per heavy atom. The lowest BCUT2D eigenvalue weighted by molar-refractivity contribution is 0.0926. The highest BCUT2D eigenvalue weighted by atomic mass is 35.5. The summed E-state index contributed by atoms with van der Waals surface area (Å²) >= 11 is 0. The zero-order chi connectivity index (χ0) is 19.2. The molecule has 0 unspecified atom stereocenters. The molecule has 0 spiro atoms. The molecular weight excluding hydrogens is 390 g/mol. The maximum absolute atomic E-state index is 12.0. The van der Waals surface area contributed by atoms with Gasteiger partial charge in [-0.15, -0.1) is 12.4 Å². The molecule has 0 radical (unpaired) electrons. The third-order valence-electron chi connectivity index (χ3n) is 4.44. The van der Waals surface area contributed by atoms with Crippen LogP contribution in [-0.4, -0.2) is 28.6 Å². The molecule has 1 N–H and O–H groups in total. The van der Waals surface area contributed by atoms with Gasteiger partial charge >= 0.3 is 0 Å². The van der Waals surface area contributed by atoms with Crippen molar-refractivity contribution in [2.45, 2.75) is 13.0 Å². The Morgan fingerprint density at radius 3 is 2.62 bits per heavy atom. The SMILES string of the molecule is Cl.O=C(NCCc1nc2ccccc2n1CCOc1ccccc1)c1ccco1. The Kier molecular flexibility index (Phi) is 6.92. The van der Waals surface area contributed by atoms with Crippen molar-refractivity contribution in [1.29, 1.82) is 0 Å². The number of carbonyl (C=O) groups is 1. The van der Waals surface area contributed by atoms with E-state index in [1.165, 1.54) is 6.26 Å². The number of hydrogen-bond donors (Lipinski definition) is 1. The van der Waals surface area contributed by atoms with E-state index in [-0.39, 0.29) is 18.3 Å². The van der Waals surface area contributed by atoms with Crippen molar-refractivity contribution in [3.63, 3.8) is 0 Å². The van der Waals surface area contributed by atoms with Crippen molar-refractivity contribution >= 4 is 29.3 Å². The standard InChI is InChI=1S/C22H21N3O3.ClH/c26-22(20-11-6-15-28-20)23-13-12-21-24-18-9-4-5-10-19(18)25(21)14-16-27-17-7-2-1-3-8-17;/h1-11,15H,12-14,16H2,(H,23,26);1H. The summed E-state index contributed by atoms with van der Waals surface area (Å²) in [5, 5.41) is 2.87. The zero-order valence-corrected chi connectivity index (χ0v) is 16.6. The summed E-state index contributed by atoms with van der Waals surface area (Å²) in [7, 11) is 0. The number of amides is 1. The fourth-order valence-electron chi connectivity index (χ4n) is 3.12. The van der Waals surface area contributed by atoms with Crippen LogP contribution in [0.3, 0.4) is 0 Å². The third kappa shape index (κ3) is 4.97. The lowest BCUT2D eigenvalue weighted by Crippen LogP contribution is -2.26. The van der Waals surface area contributed by atoms with Gasteiger partial charge in [-0.2, -0.15) is 0 Å². The number of benzene rings is 2. The number of carbonyl (C=O) groups excluding carboxylic acids is 1. The molecule has 0 saturated heterocycles. The van der Waals surface area contributed by atoms with Crippen LogP contribution in [0.1, 0.15) is 16.4 Å². The summed E-state index contributed by atoms with van der Waals surface area (Å²) in [6, 6.07) is 21.1. The lowest BCUT2D eigenvalue weighted by Gasteiger charge is -2.11. The van der Waals surface area contributed by atoms with Crippen LogP contribution in [0.25, 0.3) is 11.0 Å². The van der Waals surface area contributed by atoms with Crippen molar-refractivity contribution in [2.75, 3.05) is 13.2 Å². The van der Waals surface area contributed by atoms with E-state index in [4.69, 9.17) is 14.1 Å². The number of nitrogens with one attached hydrogen (secondary N) is 1. The van der Waals surface area contributed by atoms with Crippen LogP contribution in [0.15, 0.2) is 77.4 Å². The Balaban J connectivity index is 0.00000240. The molecule has 0 aliphatic heterocycles. The molecule has 1 amide bonds. The summed E-state index contributed by atoms with van der Waals surface area (Å²) in [5.74, 6) is 1.85. The zero-order valence-electron chi connectivity index (χ0n) is 15.8. The van der Waals surface area contributed by atoms with Crippen molar-refractivity contribution in [1.82, 2.24) is 14.9 Å². The average molecular weight is 412 g/mol. The molecule has 0 aliphatic rings. The number of furan rings is 1. The van der Waals surface area contributed by atoms with Gasteiger partial charge in [0.1, 0.15) is 18.2 Å². The Labute approximate surface area is 174 Å². The first kappa shape index (κ1) is 20.5. The summed E-state index contributed by atoms with van der Waals surface area (Å²) in [6.07, 6.45) is 2.10. The summed E-state index contributed by atoms with van der Waals surface area (Å²) < 4.78 is 13.1. The highest BCUT2D eigenvalue weighted by molar-refractivity contribution is 5.91. The van der Waals surface area contributed by atoms with Crippen LogP contribution in [0.4, 0.5) is 0 Å². The van der Waals surface area contributed by atoms with E-state index in [9.17, 15) is 4.79 Å². The Morgan fingerprint density at radius 2 is 1.83 bits per heavy atom. The molecule has 4 aromatic rings. The Bertz CT molecular complexity index is 1050. The third-order valence-corrected chi connectivity index (χ3v) is 4.44. The fraction of sp³-hybridized carbons (Fsp3) is 0.182. The summed E-state index contributed by atoms with van der Waals surface area (Å²) in [6.45, 7) is 1.69. The molecule has 150 valence electrons. The van der Waals surface area contributed by atoms with E-state index in [0.717, 1.165) is 22.6 Å².